The Morgan fingerprint density at radius 2 is 2.10 bits per heavy atom. The number of imide groups is 1. The van der Waals surface area contributed by atoms with Gasteiger partial charge in [0.2, 0.25) is 17.7 Å². The van der Waals surface area contributed by atoms with E-state index in [1.165, 1.54) is 18.2 Å². The van der Waals surface area contributed by atoms with Crippen molar-refractivity contribution in [3.8, 4) is 0 Å². The van der Waals surface area contributed by atoms with E-state index in [1.54, 1.807) is 12.1 Å². The van der Waals surface area contributed by atoms with Crippen LogP contribution in [0.1, 0.15) is 18.4 Å². The maximum Gasteiger partial charge on any atom is 0.249 e. The Labute approximate surface area is 114 Å². The normalized spacial score (nSPS) is 18.9. The highest BCUT2D eigenvalue weighted by Crippen LogP contribution is 2.08. The number of benzene rings is 1. The van der Waals surface area contributed by atoms with Gasteiger partial charge in [0.05, 0.1) is 0 Å². The molecule has 6 heteroatoms. The molecule has 1 aromatic carbocycles. The number of rotatable bonds is 3. The van der Waals surface area contributed by atoms with E-state index in [0.717, 1.165) is 6.08 Å². The second kappa shape index (κ2) is 6.10. The molecule has 1 aliphatic rings. The molecule has 0 aromatic heterocycles. The maximum absolute atomic E-state index is 13.3. The van der Waals surface area contributed by atoms with Crippen molar-refractivity contribution >= 4 is 23.8 Å². The van der Waals surface area contributed by atoms with E-state index in [9.17, 15) is 18.8 Å². The fourth-order valence-corrected chi connectivity index (χ4v) is 1.83. The van der Waals surface area contributed by atoms with Crippen LogP contribution in [0.4, 0.5) is 4.39 Å². The first-order valence-corrected chi connectivity index (χ1v) is 6.13. The summed E-state index contributed by atoms with van der Waals surface area (Å²) in [5.41, 5.74) is 0.283. The molecule has 5 nitrogen and oxygen atoms in total. The van der Waals surface area contributed by atoms with Crippen LogP contribution in [0.15, 0.2) is 30.3 Å². The van der Waals surface area contributed by atoms with Crippen LogP contribution in [-0.2, 0) is 14.4 Å². The zero-order chi connectivity index (χ0) is 14.5. The second-order valence-electron chi connectivity index (χ2n) is 4.37. The number of amides is 3. The van der Waals surface area contributed by atoms with E-state index < -0.39 is 23.7 Å². The molecule has 1 aliphatic heterocycles. The Hall–Kier alpha value is -2.50. The van der Waals surface area contributed by atoms with Crippen molar-refractivity contribution in [2.75, 3.05) is 0 Å². The smallest absolute Gasteiger partial charge is 0.249 e. The van der Waals surface area contributed by atoms with E-state index in [2.05, 4.69) is 10.6 Å². The van der Waals surface area contributed by atoms with E-state index in [1.807, 2.05) is 0 Å². The minimum atomic E-state index is -0.731. The first-order chi connectivity index (χ1) is 9.56. The van der Waals surface area contributed by atoms with Crippen LogP contribution < -0.4 is 10.6 Å². The molecular formula is C14H13FN2O3. The van der Waals surface area contributed by atoms with Crippen LogP contribution in [0.3, 0.4) is 0 Å². The molecule has 0 bridgehead atoms. The fourth-order valence-electron chi connectivity index (χ4n) is 1.83. The summed E-state index contributed by atoms with van der Waals surface area (Å²) in [5.74, 6) is -1.81. The average Bonchev–Trinajstić information content (AvgIpc) is 2.41. The van der Waals surface area contributed by atoms with E-state index in [0.29, 0.717) is 0 Å². The van der Waals surface area contributed by atoms with Crippen LogP contribution in [0, 0.1) is 5.82 Å². The number of halogens is 1. The predicted octanol–water partition coefficient (Wildman–Crippen LogP) is 0.760. The van der Waals surface area contributed by atoms with Gasteiger partial charge in [-0.1, -0.05) is 18.2 Å². The van der Waals surface area contributed by atoms with Gasteiger partial charge in [0, 0.05) is 18.1 Å². The predicted molar refractivity (Wildman–Crippen MR) is 69.7 cm³/mol. The lowest BCUT2D eigenvalue weighted by Crippen LogP contribution is -2.51. The van der Waals surface area contributed by atoms with E-state index >= 15 is 0 Å². The van der Waals surface area contributed by atoms with Gasteiger partial charge >= 0.3 is 0 Å². The van der Waals surface area contributed by atoms with Crippen molar-refractivity contribution in [3.63, 3.8) is 0 Å². The van der Waals surface area contributed by atoms with Crippen molar-refractivity contribution in [3.05, 3.63) is 41.7 Å². The Balaban J connectivity index is 1.94. The van der Waals surface area contributed by atoms with Crippen molar-refractivity contribution in [2.24, 2.45) is 0 Å². The second-order valence-corrected chi connectivity index (χ2v) is 4.37. The highest BCUT2D eigenvalue weighted by atomic mass is 19.1. The van der Waals surface area contributed by atoms with Crippen molar-refractivity contribution in [1.29, 1.82) is 0 Å². The number of carbonyl (C=O) groups is 3. The molecule has 2 N–H and O–H groups in total. The van der Waals surface area contributed by atoms with Gasteiger partial charge < -0.3 is 5.32 Å². The first kappa shape index (κ1) is 13.9. The van der Waals surface area contributed by atoms with Gasteiger partial charge in [-0.2, -0.15) is 0 Å². The molecule has 1 saturated heterocycles. The van der Waals surface area contributed by atoms with E-state index in [4.69, 9.17) is 0 Å². The summed E-state index contributed by atoms with van der Waals surface area (Å²) in [6.45, 7) is 0. The standard InChI is InChI=1S/C14H13FN2O3/c15-10-4-2-1-3-9(10)5-7-12(18)16-11-6-8-13(19)17-14(11)20/h1-5,7,11H,6,8H2,(H,16,18)(H,17,19,20). The molecule has 104 valence electrons. The summed E-state index contributed by atoms with van der Waals surface area (Å²) in [5, 5.41) is 4.61. The molecule has 1 unspecified atom stereocenters. The minimum Gasteiger partial charge on any atom is -0.341 e. The number of hydrogen-bond acceptors (Lipinski definition) is 3. The number of hydrogen-bond donors (Lipinski definition) is 2. The van der Waals surface area contributed by atoms with Gasteiger partial charge in [-0.05, 0) is 18.6 Å². The van der Waals surface area contributed by atoms with Crippen LogP contribution in [0.2, 0.25) is 0 Å². The first-order valence-electron chi connectivity index (χ1n) is 6.13. The number of carbonyl (C=O) groups excluding carboxylic acids is 3. The SMILES string of the molecule is O=C(C=Cc1ccccc1F)NC1CCC(=O)NC1=O. The Kier molecular flexibility index (Phi) is 4.24. The van der Waals surface area contributed by atoms with Crippen LogP contribution in [0.5, 0.6) is 0 Å². The van der Waals surface area contributed by atoms with Gasteiger partial charge in [0.15, 0.2) is 0 Å². The molecule has 0 radical (unpaired) electrons. The molecule has 20 heavy (non-hydrogen) atoms. The summed E-state index contributed by atoms with van der Waals surface area (Å²) in [4.78, 5) is 34.0. The molecule has 0 spiro atoms. The molecule has 1 atom stereocenters. The van der Waals surface area contributed by atoms with Crippen molar-refractivity contribution in [1.82, 2.24) is 10.6 Å². The molecule has 1 aromatic rings. The average molecular weight is 276 g/mol. The van der Waals surface area contributed by atoms with Gasteiger partial charge in [-0.15, -0.1) is 0 Å². The van der Waals surface area contributed by atoms with Gasteiger partial charge in [0.25, 0.3) is 0 Å². The lowest BCUT2D eigenvalue weighted by molar-refractivity contribution is -0.136. The lowest BCUT2D eigenvalue weighted by Gasteiger charge is -2.20. The van der Waals surface area contributed by atoms with Crippen LogP contribution in [-0.4, -0.2) is 23.8 Å². The summed E-state index contributed by atoms with van der Waals surface area (Å²) < 4.78 is 13.3. The number of nitrogens with one attached hydrogen (secondary N) is 2. The fraction of sp³-hybridized carbons (Fsp3) is 0.214. The third-order valence-electron chi connectivity index (χ3n) is 2.88. The van der Waals surface area contributed by atoms with Crippen molar-refractivity contribution < 1.29 is 18.8 Å². The van der Waals surface area contributed by atoms with Gasteiger partial charge in [0.1, 0.15) is 11.9 Å². The quantitative estimate of drug-likeness (QED) is 0.632. The Bertz CT molecular complexity index is 584. The third-order valence-corrected chi connectivity index (χ3v) is 2.88. The molecule has 2 rings (SSSR count). The van der Waals surface area contributed by atoms with E-state index in [-0.39, 0.29) is 24.3 Å². The maximum atomic E-state index is 13.3. The molecule has 1 heterocycles. The molecule has 0 saturated carbocycles. The van der Waals surface area contributed by atoms with Crippen LogP contribution in [0.25, 0.3) is 6.08 Å². The Morgan fingerprint density at radius 3 is 2.80 bits per heavy atom. The van der Waals surface area contributed by atoms with Gasteiger partial charge in [-0.3, -0.25) is 19.7 Å². The molecule has 1 fully saturated rings. The number of piperidine rings is 1. The minimum absolute atomic E-state index is 0.188. The summed E-state index contributed by atoms with van der Waals surface area (Å²) >= 11 is 0. The Morgan fingerprint density at radius 1 is 1.35 bits per heavy atom. The van der Waals surface area contributed by atoms with Gasteiger partial charge in [-0.25, -0.2) is 4.39 Å². The molecule has 3 amide bonds. The molecule has 0 aliphatic carbocycles. The summed E-state index contributed by atoms with van der Waals surface area (Å²) in [7, 11) is 0. The largest absolute Gasteiger partial charge is 0.341 e. The van der Waals surface area contributed by atoms with Crippen LogP contribution >= 0.6 is 0 Å². The topological polar surface area (TPSA) is 75.3 Å². The monoisotopic (exact) mass is 276 g/mol. The zero-order valence-electron chi connectivity index (χ0n) is 10.6. The lowest BCUT2D eigenvalue weighted by atomic mass is 10.1. The van der Waals surface area contributed by atoms with Crippen molar-refractivity contribution in [2.45, 2.75) is 18.9 Å². The summed E-state index contributed by atoms with van der Waals surface area (Å²) in [6, 6.07) is 5.30. The summed E-state index contributed by atoms with van der Waals surface area (Å²) in [6.07, 6.45) is 2.94. The highest BCUT2D eigenvalue weighted by molar-refractivity contribution is 6.03. The highest BCUT2D eigenvalue weighted by Gasteiger charge is 2.27. The third kappa shape index (κ3) is 3.50. The zero-order valence-corrected chi connectivity index (χ0v) is 10.6. The molecular weight excluding hydrogens is 263 g/mol.